The van der Waals surface area contributed by atoms with Gasteiger partial charge in [0.1, 0.15) is 0 Å². The lowest BCUT2D eigenvalue weighted by molar-refractivity contribution is 0.112. The molecule has 0 saturated carbocycles. The Hall–Kier alpha value is -2.80. The lowest BCUT2D eigenvalue weighted by Gasteiger charge is -2.14. The first kappa shape index (κ1) is 19.5. The second-order valence-corrected chi connectivity index (χ2v) is 8.31. The standard InChI is InChI=1S/C20H12Cl3N5O/c21-20(22,23)18-26-17(27-19(28-18)25-13-7-9-24-10-8-13)15-6-5-12-3-1-2-4-14(12)16(15)11-29/h1-11H,(H,24,25,26,27,28). The molecule has 0 atom stereocenters. The van der Waals surface area contributed by atoms with E-state index < -0.39 is 3.79 Å². The van der Waals surface area contributed by atoms with Gasteiger partial charge < -0.3 is 5.32 Å². The highest BCUT2D eigenvalue weighted by atomic mass is 35.6. The van der Waals surface area contributed by atoms with Crippen LogP contribution < -0.4 is 5.32 Å². The van der Waals surface area contributed by atoms with Crippen LogP contribution >= 0.6 is 34.8 Å². The van der Waals surface area contributed by atoms with E-state index in [2.05, 4.69) is 25.3 Å². The molecule has 0 amide bonds. The summed E-state index contributed by atoms with van der Waals surface area (Å²) in [6, 6.07) is 14.7. The van der Waals surface area contributed by atoms with Gasteiger partial charge in [-0.1, -0.05) is 65.1 Å². The minimum absolute atomic E-state index is 0.0611. The van der Waals surface area contributed by atoms with E-state index in [-0.39, 0.29) is 17.6 Å². The molecule has 144 valence electrons. The fourth-order valence-electron chi connectivity index (χ4n) is 2.86. The molecule has 0 bridgehead atoms. The van der Waals surface area contributed by atoms with Crippen molar-refractivity contribution in [2.24, 2.45) is 0 Å². The van der Waals surface area contributed by atoms with Crippen LogP contribution in [-0.2, 0) is 3.79 Å². The normalized spacial score (nSPS) is 11.4. The highest BCUT2D eigenvalue weighted by molar-refractivity contribution is 6.66. The predicted molar refractivity (Wildman–Crippen MR) is 115 cm³/mol. The Morgan fingerprint density at radius 2 is 1.66 bits per heavy atom. The number of pyridine rings is 1. The lowest BCUT2D eigenvalue weighted by Crippen LogP contribution is -2.12. The molecule has 0 aliphatic carbocycles. The first-order valence-corrected chi connectivity index (χ1v) is 9.57. The topological polar surface area (TPSA) is 80.7 Å². The van der Waals surface area contributed by atoms with Gasteiger partial charge in [0, 0.05) is 29.2 Å². The first-order chi connectivity index (χ1) is 14.0. The number of nitrogens with one attached hydrogen (secondary N) is 1. The predicted octanol–water partition coefficient (Wildman–Crippen LogP) is 5.47. The van der Waals surface area contributed by atoms with E-state index in [4.69, 9.17) is 34.8 Å². The zero-order chi connectivity index (χ0) is 20.4. The third-order valence-corrected chi connectivity index (χ3v) is 4.66. The Labute approximate surface area is 180 Å². The molecule has 2 aromatic heterocycles. The quantitative estimate of drug-likeness (QED) is 0.332. The number of benzene rings is 2. The van der Waals surface area contributed by atoms with Crippen molar-refractivity contribution in [3.05, 3.63) is 72.3 Å². The summed E-state index contributed by atoms with van der Waals surface area (Å²) in [6.45, 7) is 0. The van der Waals surface area contributed by atoms with Crippen LogP contribution in [0.25, 0.3) is 22.2 Å². The van der Waals surface area contributed by atoms with E-state index in [0.29, 0.717) is 16.8 Å². The molecule has 0 spiro atoms. The summed E-state index contributed by atoms with van der Waals surface area (Å²) in [5.41, 5.74) is 1.65. The van der Waals surface area contributed by atoms with Crippen LogP contribution in [0.4, 0.5) is 11.6 Å². The van der Waals surface area contributed by atoms with Gasteiger partial charge in [-0.2, -0.15) is 9.97 Å². The van der Waals surface area contributed by atoms with Gasteiger partial charge in [0.2, 0.25) is 9.74 Å². The average molecular weight is 445 g/mol. The molecule has 9 heteroatoms. The van der Waals surface area contributed by atoms with Gasteiger partial charge in [0.15, 0.2) is 17.9 Å². The van der Waals surface area contributed by atoms with Crippen molar-refractivity contribution in [2.45, 2.75) is 3.79 Å². The third-order valence-electron chi connectivity index (χ3n) is 4.15. The second-order valence-electron chi connectivity index (χ2n) is 6.03. The molecule has 0 saturated heterocycles. The lowest BCUT2D eigenvalue weighted by atomic mass is 9.99. The zero-order valence-corrected chi connectivity index (χ0v) is 16.9. The molecule has 29 heavy (non-hydrogen) atoms. The van der Waals surface area contributed by atoms with Gasteiger partial charge in [0.05, 0.1) is 0 Å². The van der Waals surface area contributed by atoms with Gasteiger partial charge in [-0.3, -0.25) is 9.78 Å². The van der Waals surface area contributed by atoms with Gasteiger partial charge in [-0.25, -0.2) is 4.98 Å². The van der Waals surface area contributed by atoms with Crippen molar-refractivity contribution in [1.29, 1.82) is 0 Å². The van der Waals surface area contributed by atoms with E-state index in [1.807, 2.05) is 30.3 Å². The monoisotopic (exact) mass is 443 g/mol. The minimum Gasteiger partial charge on any atom is -0.324 e. The van der Waals surface area contributed by atoms with Crippen molar-refractivity contribution in [3.63, 3.8) is 0 Å². The maximum atomic E-state index is 11.9. The van der Waals surface area contributed by atoms with Crippen LogP contribution in [0.2, 0.25) is 0 Å². The zero-order valence-electron chi connectivity index (χ0n) is 14.7. The molecule has 6 nitrogen and oxygen atoms in total. The van der Waals surface area contributed by atoms with Crippen molar-refractivity contribution in [3.8, 4) is 11.4 Å². The van der Waals surface area contributed by atoms with E-state index in [0.717, 1.165) is 17.1 Å². The summed E-state index contributed by atoms with van der Waals surface area (Å²) in [5, 5.41) is 4.73. The van der Waals surface area contributed by atoms with Gasteiger partial charge in [0.25, 0.3) is 0 Å². The van der Waals surface area contributed by atoms with E-state index in [1.165, 1.54) is 0 Å². The number of fused-ring (bicyclic) bond motifs is 1. The molecule has 0 aliphatic rings. The van der Waals surface area contributed by atoms with Crippen LogP contribution in [0.1, 0.15) is 16.2 Å². The first-order valence-electron chi connectivity index (χ1n) is 8.43. The van der Waals surface area contributed by atoms with Crippen LogP contribution in [0, 0.1) is 0 Å². The largest absolute Gasteiger partial charge is 0.324 e. The van der Waals surface area contributed by atoms with Gasteiger partial charge in [-0.05, 0) is 29.0 Å². The fraction of sp³-hybridized carbons (Fsp3) is 0.0500. The molecule has 2 aromatic carbocycles. The molecule has 0 fully saturated rings. The van der Waals surface area contributed by atoms with Crippen molar-refractivity contribution in [1.82, 2.24) is 19.9 Å². The summed E-state index contributed by atoms with van der Waals surface area (Å²) in [7, 11) is 0. The van der Waals surface area contributed by atoms with Crippen molar-refractivity contribution >= 4 is 63.5 Å². The van der Waals surface area contributed by atoms with E-state index >= 15 is 0 Å². The smallest absolute Gasteiger partial charge is 0.250 e. The number of carbonyl (C=O) groups excluding carboxylic acids is 1. The molecule has 1 N–H and O–H groups in total. The number of aldehydes is 1. The number of alkyl halides is 3. The van der Waals surface area contributed by atoms with E-state index in [9.17, 15) is 4.79 Å². The SMILES string of the molecule is O=Cc1c(-c2nc(Nc3ccncc3)nc(C(Cl)(Cl)Cl)n2)ccc2ccccc12. The molecule has 0 radical (unpaired) electrons. The number of hydrogen-bond acceptors (Lipinski definition) is 6. The third kappa shape index (κ3) is 4.15. The van der Waals surface area contributed by atoms with Crippen molar-refractivity contribution in [2.75, 3.05) is 5.32 Å². The van der Waals surface area contributed by atoms with E-state index in [1.54, 1.807) is 30.6 Å². The molecular weight excluding hydrogens is 433 g/mol. The number of nitrogens with zero attached hydrogens (tertiary/aromatic N) is 4. The number of aromatic nitrogens is 4. The number of anilines is 2. The second kappa shape index (κ2) is 7.91. The fourth-order valence-corrected chi connectivity index (χ4v) is 3.11. The Morgan fingerprint density at radius 1 is 0.897 bits per heavy atom. The summed E-state index contributed by atoms with van der Waals surface area (Å²) in [6.07, 6.45) is 4.01. The van der Waals surface area contributed by atoms with Gasteiger partial charge in [-0.15, -0.1) is 0 Å². The Bertz CT molecular complexity index is 1200. The Morgan fingerprint density at radius 3 is 2.38 bits per heavy atom. The highest BCUT2D eigenvalue weighted by Crippen LogP contribution is 2.37. The average Bonchev–Trinajstić information content (AvgIpc) is 2.72. The number of rotatable bonds is 4. The Kier molecular flexibility index (Phi) is 5.32. The summed E-state index contributed by atoms with van der Waals surface area (Å²) in [5.74, 6) is 0.326. The van der Waals surface area contributed by atoms with Crippen LogP contribution in [0.3, 0.4) is 0 Å². The van der Waals surface area contributed by atoms with Crippen molar-refractivity contribution < 1.29 is 4.79 Å². The molecule has 4 rings (SSSR count). The molecule has 0 aliphatic heterocycles. The van der Waals surface area contributed by atoms with Crippen LogP contribution in [-0.4, -0.2) is 26.2 Å². The van der Waals surface area contributed by atoms with Gasteiger partial charge >= 0.3 is 0 Å². The maximum Gasteiger partial charge on any atom is 0.250 e. The highest BCUT2D eigenvalue weighted by Gasteiger charge is 2.29. The summed E-state index contributed by atoms with van der Waals surface area (Å²) < 4.78 is -1.87. The number of halogens is 3. The summed E-state index contributed by atoms with van der Waals surface area (Å²) in [4.78, 5) is 28.8. The Balaban J connectivity index is 1.90. The molecule has 4 aromatic rings. The molecule has 2 heterocycles. The van der Waals surface area contributed by atoms with Crippen LogP contribution in [0.5, 0.6) is 0 Å². The maximum absolute atomic E-state index is 11.9. The molecule has 0 unspecified atom stereocenters. The summed E-state index contributed by atoms with van der Waals surface area (Å²) >= 11 is 18.1. The number of hydrogen-bond donors (Lipinski definition) is 1. The molecular formula is C20H12Cl3N5O. The number of carbonyl (C=O) groups is 1. The minimum atomic E-state index is -1.87. The van der Waals surface area contributed by atoms with Crippen LogP contribution in [0.15, 0.2) is 60.9 Å².